The first-order chi connectivity index (χ1) is 13.7. The standard InChI is InChI=1S/C21H18N6O/c1-26-13-17(12-24-26)27-19-8-21(23-10-16(19)11-25-27)28-20-4-2-3-15-7-14(9-22)5-6-18(15)20/h5-8,10-13,20H,2-4H2,1H3. The van der Waals surface area contributed by atoms with Gasteiger partial charge in [0.1, 0.15) is 11.8 Å². The SMILES string of the molecule is Cn1cc(-n2ncc3cnc(OC4CCCc5cc(C#N)ccc54)cc32)cn1. The minimum absolute atomic E-state index is 0.0591. The predicted molar refractivity (Wildman–Crippen MR) is 103 cm³/mol. The number of nitrogens with zero attached hydrogens (tertiary/aromatic N) is 6. The van der Waals surface area contributed by atoms with Crippen LogP contribution in [0, 0.1) is 11.3 Å². The summed E-state index contributed by atoms with van der Waals surface area (Å²) in [7, 11) is 1.88. The molecular formula is C21H18N6O. The molecule has 1 aromatic carbocycles. The Morgan fingerprint density at radius 3 is 2.93 bits per heavy atom. The van der Waals surface area contributed by atoms with E-state index in [1.54, 1.807) is 23.3 Å². The highest BCUT2D eigenvalue weighted by atomic mass is 16.5. The Hall–Kier alpha value is -3.66. The van der Waals surface area contributed by atoms with Crippen molar-refractivity contribution in [2.45, 2.75) is 25.4 Å². The van der Waals surface area contributed by atoms with Crippen LogP contribution >= 0.6 is 0 Å². The third-order valence-corrected chi connectivity index (χ3v) is 5.16. The van der Waals surface area contributed by atoms with Crippen molar-refractivity contribution in [3.8, 4) is 17.6 Å². The zero-order chi connectivity index (χ0) is 19.1. The highest BCUT2D eigenvalue weighted by Gasteiger charge is 2.23. The summed E-state index contributed by atoms with van der Waals surface area (Å²) in [6.45, 7) is 0. The van der Waals surface area contributed by atoms with Gasteiger partial charge in [-0.15, -0.1) is 0 Å². The molecule has 0 amide bonds. The third kappa shape index (κ3) is 2.79. The number of hydrogen-bond donors (Lipinski definition) is 0. The number of benzene rings is 1. The van der Waals surface area contributed by atoms with Gasteiger partial charge >= 0.3 is 0 Å². The van der Waals surface area contributed by atoms with Crippen LogP contribution in [0.25, 0.3) is 16.6 Å². The first kappa shape index (κ1) is 16.5. The van der Waals surface area contributed by atoms with Crippen LogP contribution < -0.4 is 4.74 Å². The van der Waals surface area contributed by atoms with E-state index in [4.69, 9.17) is 10.00 Å². The maximum atomic E-state index is 9.14. The lowest BCUT2D eigenvalue weighted by molar-refractivity contribution is 0.176. The van der Waals surface area contributed by atoms with Gasteiger partial charge in [-0.25, -0.2) is 9.67 Å². The minimum Gasteiger partial charge on any atom is -0.469 e. The van der Waals surface area contributed by atoms with Gasteiger partial charge in [-0.2, -0.15) is 15.5 Å². The second-order valence-electron chi connectivity index (χ2n) is 7.03. The Morgan fingerprint density at radius 1 is 1.18 bits per heavy atom. The molecule has 5 rings (SSSR count). The molecule has 3 heterocycles. The molecule has 1 atom stereocenters. The van der Waals surface area contributed by atoms with E-state index in [1.807, 2.05) is 42.2 Å². The maximum absolute atomic E-state index is 9.14. The van der Waals surface area contributed by atoms with Crippen LogP contribution in [0.3, 0.4) is 0 Å². The Bertz CT molecular complexity index is 1220. The zero-order valence-corrected chi connectivity index (χ0v) is 15.4. The monoisotopic (exact) mass is 370 g/mol. The summed E-state index contributed by atoms with van der Waals surface area (Å²) in [5.74, 6) is 0.570. The molecule has 0 saturated carbocycles. The van der Waals surface area contributed by atoms with Gasteiger partial charge in [0.05, 0.1) is 35.7 Å². The van der Waals surface area contributed by atoms with E-state index in [-0.39, 0.29) is 6.10 Å². The molecule has 1 aliphatic rings. The van der Waals surface area contributed by atoms with Gasteiger partial charge < -0.3 is 4.74 Å². The lowest BCUT2D eigenvalue weighted by Crippen LogP contribution is -2.16. The molecule has 4 aromatic rings. The van der Waals surface area contributed by atoms with Crippen LogP contribution in [0.1, 0.15) is 35.6 Å². The molecule has 0 saturated heterocycles. The van der Waals surface area contributed by atoms with Crippen molar-refractivity contribution in [2.75, 3.05) is 0 Å². The Morgan fingerprint density at radius 2 is 2.11 bits per heavy atom. The van der Waals surface area contributed by atoms with Gasteiger partial charge in [0.25, 0.3) is 0 Å². The fourth-order valence-corrected chi connectivity index (χ4v) is 3.80. The average molecular weight is 370 g/mol. The molecule has 7 heteroatoms. The largest absolute Gasteiger partial charge is 0.469 e. The second kappa shape index (κ2) is 6.50. The van der Waals surface area contributed by atoms with Crippen LogP contribution in [0.5, 0.6) is 5.88 Å². The number of fused-ring (bicyclic) bond motifs is 2. The van der Waals surface area contributed by atoms with Gasteiger partial charge in [-0.1, -0.05) is 6.07 Å². The fourth-order valence-electron chi connectivity index (χ4n) is 3.80. The Kier molecular flexibility index (Phi) is 3.83. The molecule has 138 valence electrons. The average Bonchev–Trinajstić information content (AvgIpc) is 3.33. The fraction of sp³-hybridized carbons (Fsp3) is 0.238. The number of ether oxygens (including phenoxy) is 1. The van der Waals surface area contributed by atoms with Gasteiger partial charge in [-0.3, -0.25) is 4.68 Å². The Labute approximate surface area is 161 Å². The molecule has 3 aromatic heterocycles. The molecule has 0 aliphatic heterocycles. The summed E-state index contributed by atoms with van der Waals surface area (Å²) in [5, 5.41) is 18.8. The number of hydrogen-bond acceptors (Lipinski definition) is 5. The molecule has 0 spiro atoms. The van der Waals surface area contributed by atoms with Crippen molar-refractivity contribution in [3.05, 3.63) is 65.7 Å². The summed E-state index contributed by atoms with van der Waals surface area (Å²) >= 11 is 0. The summed E-state index contributed by atoms with van der Waals surface area (Å²) in [6, 6.07) is 9.97. The Balaban J connectivity index is 1.49. The molecule has 0 radical (unpaired) electrons. The first-order valence-electron chi connectivity index (χ1n) is 9.23. The van der Waals surface area contributed by atoms with E-state index in [0.29, 0.717) is 11.4 Å². The van der Waals surface area contributed by atoms with E-state index >= 15 is 0 Å². The number of aromatic nitrogens is 5. The topological polar surface area (TPSA) is 81.5 Å². The third-order valence-electron chi connectivity index (χ3n) is 5.16. The van der Waals surface area contributed by atoms with E-state index in [1.165, 1.54) is 5.56 Å². The molecular weight excluding hydrogens is 352 g/mol. The zero-order valence-electron chi connectivity index (χ0n) is 15.4. The molecule has 28 heavy (non-hydrogen) atoms. The molecule has 0 bridgehead atoms. The van der Waals surface area contributed by atoms with E-state index in [2.05, 4.69) is 21.3 Å². The van der Waals surface area contributed by atoms with Gasteiger partial charge in [0.2, 0.25) is 5.88 Å². The van der Waals surface area contributed by atoms with Crippen molar-refractivity contribution < 1.29 is 4.74 Å². The number of rotatable bonds is 3. The molecule has 1 unspecified atom stereocenters. The highest BCUT2D eigenvalue weighted by Crippen LogP contribution is 2.34. The highest BCUT2D eigenvalue weighted by molar-refractivity contribution is 5.80. The maximum Gasteiger partial charge on any atom is 0.216 e. The van der Waals surface area contributed by atoms with Crippen molar-refractivity contribution in [1.82, 2.24) is 24.5 Å². The molecule has 1 aliphatic carbocycles. The smallest absolute Gasteiger partial charge is 0.216 e. The quantitative estimate of drug-likeness (QED) is 0.551. The number of pyridine rings is 1. The van der Waals surface area contributed by atoms with Crippen molar-refractivity contribution in [1.29, 1.82) is 5.26 Å². The summed E-state index contributed by atoms with van der Waals surface area (Å²) in [5.41, 5.74) is 4.85. The molecule has 0 N–H and O–H groups in total. The lowest BCUT2D eigenvalue weighted by Gasteiger charge is -2.26. The second-order valence-corrected chi connectivity index (χ2v) is 7.03. The van der Waals surface area contributed by atoms with Crippen LogP contribution in [0.2, 0.25) is 0 Å². The molecule has 7 nitrogen and oxygen atoms in total. The van der Waals surface area contributed by atoms with E-state index < -0.39 is 0 Å². The minimum atomic E-state index is -0.0591. The number of aryl methyl sites for hydroxylation is 2. The van der Waals surface area contributed by atoms with E-state index in [9.17, 15) is 0 Å². The van der Waals surface area contributed by atoms with Crippen molar-refractivity contribution in [3.63, 3.8) is 0 Å². The summed E-state index contributed by atoms with van der Waals surface area (Å²) in [6.07, 6.45) is 10.1. The van der Waals surface area contributed by atoms with Crippen LogP contribution in [0.15, 0.2) is 49.1 Å². The van der Waals surface area contributed by atoms with Gasteiger partial charge in [-0.05, 0) is 42.5 Å². The van der Waals surface area contributed by atoms with Crippen molar-refractivity contribution in [2.24, 2.45) is 7.05 Å². The first-order valence-corrected chi connectivity index (χ1v) is 9.23. The lowest BCUT2D eigenvalue weighted by atomic mass is 9.88. The van der Waals surface area contributed by atoms with Crippen LogP contribution in [-0.2, 0) is 13.5 Å². The summed E-state index contributed by atoms with van der Waals surface area (Å²) < 4.78 is 9.86. The van der Waals surface area contributed by atoms with Crippen molar-refractivity contribution >= 4 is 10.9 Å². The normalized spacial score (nSPS) is 15.9. The number of nitriles is 1. The molecule has 0 fully saturated rings. The van der Waals surface area contributed by atoms with Crippen LogP contribution in [0.4, 0.5) is 0 Å². The van der Waals surface area contributed by atoms with Gasteiger partial charge in [0.15, 0.2) is 0 Å². The predicted octanol–water partition coefficient (Wildman–Crippen LogP) is 3.48. The van der Waals surface area contributed by atoms with Crippen LogP contribution in [-0.4, -0.2) is 24.5 Å². The van der Waals surface area contributed by atoms with Gasteiger partial charge in [0, 0.05) is 24.7 Å². The van der Waals surface area contributed by atoms with E-state index in [0.717, 1.165) is 41.4 Å². The summed E-state index contributed by atoms with van der Waals surface area (Å²) in [4.78, 5) is 4.47.